The quantitative estimate of drug-likeness (QED) is 0.672. The van der Waals surface area contributed by atoms with Crippen molar-refractivity contribution in [1.82, 2.24) is 9.88 Å². The molecule has 1 atom stereocenters. The first kappa shape index (κ1) is 20.6. The third-order valence-electron chi connectivity index (χ3n) is 6.74. The molecule has 2 aromatic rings. The highest BCUT2D eigenvalue weighted by molar-refractivity contribution is 6.09. The summed E-state index contributed by atoms with van der Waals surface area (Å²) in [6.45, 7) is 3.16. The van der Waals surface area contributed by atoms with Crippen molar-refractivity contribution in [2.45, 2.75) is 50.6 Å². The average molecular weight is 435 g/mol. The number of carbonyl (C=O) groups excluding carboxylic acids is 1. The maximum atomic E-state index is 13.1. The molecule has 0 bridgehead atoms. The molecule has 1 aromatic heterocycles. The van der Waals surface area contributed by atoms with Crippen LogP contribution < -0.4 is 20.7 Å². The van der Waals surface area contributed by atoms with Crippen LogP contribution in [0.25, 0.3) is 0 Å². The first-order valence-corrected chi connectivity index (χ1v) is 11.4. The second-order valence-corrected chi connectivity index (χ2v) is 8.93. The number of hydrogen-bond acceptors (Lipinski definition) is 5. The molecule has 1 aromatic carbocycles. The third kappa shape index (κ3) is 3.85. The summed E-state index contributed by atoms with van der Waals surface area (Å²) in [5, 5.41) is 10.2. The van der Waals surface area contributed by atoms with Gasteiger partial charge in [0.15, 0.2) is 5.82 Å². The predicted octanol–water partition coefficient (Wildman–Crippen LogP) is 4.25. The van der Waals surface area contributed by atoms with Crippen molar-refractivity contribution in [2.75, 3.05) is 36.1 Å². The minimum atomic E-state index is -0.426. The van der Waals surface area contributed by atoms with Gasteiger partial charge in [0.25, 0.3) is 0 Å². The van der Waals surface area contributed by atoms with Crippen LogP contribution in [0, 0.1) is 6.92 Å². The van der Waals surface area contributed by atoms with Gasteiger partial charge in [-0.05, 0) is 62.1 Å². The molecule has 2 aliphatic heterocycles. The lowest BCUT2D eigenvalue weighted by molar-refractivity contribution is 0.221. The lowest BCUT2D eigenvalue weighted by atomic mass is 9.93. The Morgan fingerprint density at radius 1 is 1.31 bits per heavy atom. The maximum absolute atomic E-state index is 13.1. The number of pyridine rings is 1. The number of fused-ring (bicyclic) bond motifs is 1. The topological polar surface area (TPSA) is 90.9 Å². The lowest BCUT2D eigenvalue weighted by Gasteiger charge is -2.38. The number of anilines is 3. The zero-order chi connectivity index (χ0) is 22.1. The van der Waals surface area contributed by atoms with Gasteiger partial charge in [-0.3, -0.25) is 4.99 Å². The van der Waals surface area contributed by atoms with Gasteiger partial charge in [0.1, 0.15) is 17.1 Å². The van der Waals surface area contributed by atoms with Crippen molar-refractivity contribution < 1.29 is 9.53 Å². The van der Waals surface area contributed by atoms with E-state index in [0.717, 1.165) is 53.6 Å². The molecular weight excluding hydrogens is 404 g/mol. The molecule has 2 amide bonds. The molecule has 1 aliphatic carbocycles. The van der Waals surface area contributed by atoms with Crippen LogP contribution in [0.4, 0.5) is 22.0 Å². The van der Waals surface area contributed by atoms with Crippen molar-refractivity contribution in [1.29, 1.82) is 0 Å². The van der Waals surface area contributed by atoms with E-state index in [1.54, 1.807) is 13.3 Å². The Labute approximate surface area is 188 Å². The van der Waals surface area contributed by atoms with E-state index in [9.17, 15) is 4.79 Å². The van der Waals surface area contributed by atoms with Crippen molar-refractivity contribution in [2.24, 2.45) is 4.99 Å². The number of nitrogens with zero attached hydrogens (tertiary/aromatic N) is 3. The number of aromatic nitrogens is 1. The Hall–Kier alpha value is -3.29. The van der Waals surface area contributed by atoms with Gasteiger partial charge < -0.3 is 25.6 Å². The fraction of sp³-hybridized carbons (Fsp3) is 0.458. The van der Waals surface area contributed by atoms with Crippen LogP contribution in [0.5, 0.6) is 5.75 Å². The first-order valence-electron chi connectivity index (χ1n) is 11.4. The molecule has 1 spiro atoms. The molecule has 8 heteroatoms. The minimum Gasteiger partial charge on any atom is -0.497 e. The highest BCUT2D eigenvalue weighted by Gasteiger charge is 2.47. The summed E-state index contributed by atoms with van der Waals surface area (Å²) in [5.41, 5.74) is 2.28. The van der Waals surface area contributed by atoms with Crippen molar-refractivity contribution in [3.8, 4) is 5.75 Å². The number of ether oxygens (including phenoxy) is 1. The van der Waals surface area contributed by atoms with Crippen LogP contribution in [0.15, 0.2) is 41.5 Å². The summed E-state index contributed by atoms with van der Waals surface area (Å²) < 4.78 is 5.27. The van der Waals surface area contributed by atoms with E-state index < -0.39 is 5.54 Å². The number of nitrogens with one attached hydrogen (secondary N) is 3. The molecular formula is C24H30N6O2. The molecule has 3 heterocycles. The van der Waals surface area contributed by atoms with Gasteiger partial charge in [-0.25, -0.2) is 9.78 Å². The third-order valence-corrected chi connectivity index (χ3v) is 6.74. The van der Waals surface area contributed by atoms with Gasteiger partial charge in [-0.15, -0.1) is 0 Å². The molecule has 3 aliphatic rings. The van der Waals surface area contributed by atoms with Crippen LogP contribution in [0.1, 0.15) is 37.7 Å². The lowest BCUT2D eigenvalue weighted by Crippen LogP contribution is -2.55. The highest BCUT2D eigenvalue weighted by atomic mass is 16.5. The molecule has 1 saturated carbocycles. The van der Waals surface area contributed by atoms with E-state index in [1.165, 1.54) is 12.8 Å². The Morgan fingerprint density at radius 3 is 2.94 bits per heavy atom. The molecule has 168 valence electrons. The fourth-order valence-corrected chi connectivity index (χ4v) is 4.90. The monoisotopic (exact) mass is 434 g/mol. The highest BCUT2D eigenvalue weighted by Crippen LogP contribution is 2.36. The predicted molar refractivity (Wildman–Crippen MR) is 127 cm³/mol. The van der Waals surface area contributed by atoms with Gasteiger partial charge in [-0.2, -0.15) is 0 Å². The van der Waals surface area contributed by atoms with Gasteiger partial charge in [0.05, 0.1) is 25.4 Å². The van der Waals surface area contributed by atoms with Crippen LogP contribution in [-0.4, -0.2) is 53.5 Å². The molecule has 32 heavy (non-hydrogen) atoms. The summed E-state index contributed by atoms with van der Waals surface area (Å²) in [5.74, 6) is 2.48. The summed E-state index contributed by atoms with van der Waals surface area (Å²) in [6, 6.07) is 9.84. The van der Waals surface area contributed by atoms with Crippen LogP contribution in [0.2, 0.25) is 0 Å². The van der Waals surface area contributed by atoms with E-state index >= 15 is 0 Å². The normalized spacial score (nSPS) is 23.7. The smallest absolute Gasteiger partial charge is 0.321 e. The van der Waals surface area contributed by atoms with Crippen molar-refractivity contribution in [3.63, 3.8) is 0 Å². The number of aliphatic imine (C=N–C) groups is 1. The number of likely N-dealkylation sites (tertiary alicyclic amines) is 1. The van der Waals surface area contributed by atoms with Crippen molar-refractivity contribution in [3.05, 3.63) is 42.1 Å². The fourth-order valence-electron chi connectivity index (χ4n) is 4.90. The van der Waals surface area contributed by atoms with Crippen molar-refractivity contribution >= 4 is 29.1 Å². The Kier molecular flexibility index (Phi) is 5.36. The number of methoxy groups -OCH3 is 1. The number of benzene rings is 1. The Morgan fingerprint density at radius 2 is 2.16 bits per heavy atom. The second kappa shape index (κ2) is 8.33. The number of urea groups is 1. The van der Waals surface area contributed by atoms with E-state index in [2.05, 4.69) is 20.9 Å². The zero-order valence-corrected chi connectivity index (χ0v) is 18.6. The number of aryl methyl sites for hydroxylation is 1. The largest absolute Gasteiger partial charge is 0.497 e. The molecule has 8 nitrogen and oxygen atoms in total. The van der Waals surface area contributed by atoms with E-state index in [-0.39, 0.29) is 6.03 Å². The molecule has 0 unspecified atom stereocenters. The molecule has 1 saturated heterocycles. The van der Waals surface area contributed by atoms with Crippen LogP contribution in [-0.2, 0) is 0 Å². The second-order valence-electron chi connectivity index (χ2n) is 8.93. The SMILES string of the molecule is COc1ccc(NC(=O)N2CC[C@@]3(C2)Nc2cccnc2NC3=NC2CCCC2)c(C)c1. The van der Waals surface area contributed by atoms with Crippen LogP contribution in [0.3, 0.4) is 0 Å². The number of amides is 2. The number of rotatable bonds is 3. The van der Waals surface area contributed by atoms with E-state index in [0.29, 0.717) is 19.1 Å². The summed E-state index contributed by atoms with van der Waals surface area (Å²) in [4.78, 5) is 24.6. The molecule has 2 fully saturated rings. The standard InChI is InChI=1S/C24H30N6O2/c1-16-14-18(32-2)9-10-19(16)27-23(31)30-13-11-24(15-30)22(26-17-6-3-4-7-17)28-21-20(29-24)8-5-12-25-21/h5,8-10,12,14,17,29H,3-4,6-7,11,13,15H2,1-2H3,(H,27,31)(H,25,26,28)/t24-/m0/s1. The first-order chi connectivity index (χ1) is 15.6. The van der Waals surface area contributed by atoms with Gasteiger partial charge >= 0.3 is 6.03 Å². The summed E-state index contributed by atoms with van der Waals surface area (Å²) >= 11 is 0. The van der Waals surface area contributed by atoms with Gasteiger partial charge in [-0.1, -0.05) is 12.8 Å². The van der Waals surface area contributed by atoms with E-state index in [4.69, 9.17) is 9.73 Å². The van der Waals surface area contributed by atoms with Gasteiger partial charge in [0, 0.05) is 18.4 Å². The number of amidine groups is 1. The number of hydrogen-bond donors (Lipinski definition) is 3. The molecule has 0 radical (unpaired) electrons. The van der Waals surface area contributed by atoms with E-state index in [1.807, 2.05) is 42.2 Å². The zero-order valence-electron chi connectivity index (χ0n) is 18.6. The molecule has 5 rings (SSSR count). The van der Waals surface area contributed by atoms with Crippen LogP contribution >= 0.6 is 0 Å². The summed E-state index contributed by atoms with van der Waals surface area (Å²) in [6.07, 6.45) is 7.27. The number of carbonyl (C=O) groups is 1. The Balaban J connectivity index is 1.37. The summed E-state index contributed by atoms with van der Waals surface area (Å²) in [7, 11) is 1.64. The van der Waals surface area contributed by atoms with Gasteiger partial charge in [0.2, 0.25) is 0 Å². The minimum absolute atomic E-state index is 0.103. The Bertz CT molecular complexity index is 1050. The maximum Gasteiger partial charge on any atom is 0.321 e. The molecule has 3 N–H and O–H groups in total. The average Bonchev–Trinajstić information content (AvgIpc) is 3.46.